The maximum absolute atomic E-state index is 12.7. The summed E-state index contributed by atoms with van der Waals surface area (Å²) in [5.41, 5.74) is 0.817. The molecule has 7 heteroatoms. The summed E-state index contributed by atoms with van der Waals surface area (Å²) in [5, 5.41) is 11.5. The molecule has 1 aromatic rings. The second-order valence-electron chi connectivity index (χ2n) is 5.70. The van der Waals surface area contributed by atoms with Crippen LogP contribution in [0.3, 0.4) is 0 Å². The van der Waals surface area contributed by atoms with Crippen LogP contribution in [0.4, 0.5) is 0 Å². The van der Waals surface area contributed by atoms with E-state index < -0.39 is 17.9 Å². The van der Waals surface area contributed by atoms with Crippen molar-refractivity contribution < 1.29 is 19.4 Å². The Morgan fingerprint density at radius 3 is 2.52 bits per heavy atom. The highest BCUT2D eigenvalue weighted by Gasteiger charge is 2.39. The van der Waals surface area contributed by atoms with Crippen LogP contribution in [-0.4, -0.2) is 33.7 Å². The van der Waals surface area contributed by atoms with Gasteiger partial charge in [-0.15, -0.1) is 0 Å². The Hall–Kier alpha value is -1.86. The molecule has 1 saturated heterocycles. The van der Waals surface area contributed by atoms with Gasteiger partial charge in [-0.25, -0.2) is 0 Å². The number of ether oxygens (including phenoxy) is 1. The standard InChI is InChI=1S/C18H21NO4S2/c1-4-11(3)15(17(21)22)19-16(20)14(25-18(19)24)10-12-6-8-13(9-7-12)23-5-2/h6-11,15H,4-5H2,1-3H3,(H,21,22)/p-1/b14-10-/t11-,15+/m1/s1. The minimum Gasteiger partial charge on any atom is -0.548 e. The van der Waals surface area contributed by atoms with E-state index in [1.165, 1.54) is 4.90 Å². The molecule has 1 amide bonds. The largest absolute Gasteiger partial charge is 0.548 e. The van der Waals surface area contributed by atoms with Crippen LogP contribution in [0.25, 0.3) is 6.08 Å². The zero-order chi connectivity index (χ0) is 18.6. The van der Waals surface area contributed by atoms with Gasteiger partial charge in [-0.2, -0.15) is 0 Å². The van der Waals surface area contributed by atoms with E-state index in [1.54, 1.807) is 13.0 Å². The van der Waals surface area contributed by atoms with Crippen molar-refractivity contribution in [2.75, 3.05) is 6.61 Å². The molecule has 1 fully saturated rings. The van der Waals surface area contributed by atoms with E-state index in [9.17, 15) is 14.7 Å². The number of rotatable bonds is 7. The summed E-state index contributed by atoms with van der Waals surface area (Å²) in [6.45, 7) is 6.13. The number of nitrogens with zero attached hydrogens (tertiary/aromatic N) is 1. The van der Waals surface area contributed by atoms with Crippen molar-refractivity contribution in [3.8, 4) is 5.75 Å². The molecule has 1 aliphatic heterocycles. The second kappa shape index (κ2) is 8.49. The molecule has 0 bridgehead atoms. The maximum atomic E-state index is 12.7. The highest BCUT2D eigenvalue weighted by atomic mass is 32.2. The predicted octanol–water partition coefficient (Wildman–Crippen LogP) is 2.45. The first-order valence-corrected chi connectivity index (χ1v) is 9.32. The Kier molecular flexibility index (Phi) is 6.61. The Balaban J connectivity index is 2.26. The van der Waals surface area contributed by atoms with Crippen LogP contribution in [0.15, 0.2) is 29.2 Å². The monoisotopic (exact) mass is 378 g/mol. The van der Waals surface area contributed by atoms with E-state index in [2.05, 4.69) is 0 Å². The van der Waals surface area contributed by atoms with E-state index >= 15 is 0 Å². The van der Waals surface area contributed by atoms with Crippen molar-refractivity contribution >= 4 is 46.3 Å². The zero-order valence-corrected chi connectivity index (χ0v) is 16.0. The van der Waals surface area contributed by atoms with Crippen molar-refractivity contribution in [2.24, 2.45) is 5.92 Å². The number of carbonyl (C=O) groups excluding carboxylic acids is 2. The van der Waals surface area contributed by atoms with Gasteiger partial charge in [0.05, 0.1) is 23.5 Å². The van der Waals surface area contributed by atoms with Crippen molar-refractivity contribution in [2.45, 2.75) is 33.2 Å². The number of benzene rings is 1. The predicted molar refractivity (Wildman–Crippen MR) is 101 cm³/mol. The molecular formula is C18H20NO4S2-. The molecule has 0 spiro atoms. The molecule has 134 valence electrons. The topological polar surface area (TPSA) is 69.7 Å². The Morgan fingerprint density at radius 2 is 2.00 bits per heavy atom. The smallest absolute Gasteiger partial charge is 0.266 e. The molecule has 25 heavy (non-hydrogen) atoms. The van der Waals surface area contributed by atoms with Gasteiger partial charge < -0.3 is 14.6 Å². The summed E-state index contributed by atoms with van der Waals surface area (Å²) >= 11 is 6.36. The van der Waals surface area contributed by atoms with Gasteiger partial charge >= 0.3 is 0 Å². The Labute approximate surface area is 157 Å². The van der Waals surface area contributed by atoms with Crippen LogP contribution in [0.5, 0.6) is 5.75 Å². The number of thioether (sulfide) groups is 1. The molecule has 2 rings (SSSR count). The number of hydrogen-bond acceptors (Lipinski definition) is 6. The third-order valence-electron chi connectivity index (χ3n) is 4.02. The number of hydrogen-bond donors (Lipinski definition) is 0. The molecule has 5 nitrogen and oxygen atoms in total. The fourth-order valence-electron chi connectivity index (χ4n) is 2.51. The van der Waals surface area contributed by atoms with Gasteiger partial charge in [0.15, 0.2) is 0 Å². The first-order chi connectivity index (χ1) is 11.9. The summed E-state index contributed by atoms with van der Waals surface area (Å²) in [5.74, 6) is -1.18. The minimum atomic E-state index is -1.28. The van der Waals surface area contributed by atoms with Gasteiger partial charge in [0.2, 0.25) is 0 Å². The van der Waals surface area contributed by atoms with Crippen LogP contribution in [-0.2, 0) is 9.59 Å². The van der Waals surface area contributed by atoms with Gasteiger partial charge in [0, 0.05) is 0 Å². The highest BCUT2D eigenvalue weighted by Crippen LogP contribution is 2.35. The van der Waals surface area contributed by atoms with E-state index in [4.69, 9.17) is 17.0 Å². The summed E-state index contributed by atoms with van der Waals surface area (Å²) in [6, 6.07) is 6.26. The van der Waals surface area contributed by atoms with Crippen LogP contribution in [0, 0.1) is 5.92 Å². The Morgan fingerprint density at radius 1 is 1.36 bits per heavy atom. The average molecular weight is 378 g/mol. The molecule has 0 aromatic heterocycles. The van der Waals surface area contributed by atoms with Crippen molar-refractivity contribution in [3.63, 3.8) is 0 Å². The maximum Gasteiger partial charge on any atom is 0.266 e. The number of carbonyl (C=O) groups is 2. The lowest BCUT2D eigenvalue weighted by molar-refractivity contribution is -0.311. The normalized spacial score (nSPS) is 18.5. The van der Waals surface area contributed by atoms with Gasteiger partial charge in [0.25, 0.3) is 5.91 Å². The number of aliphatic carboxylic acids is 1. The Bertz CT molecular complexity index is 700. The summed E-state index contributed by atoms with van der Waals surface area (Å²) in [7, 11) is 0. The average Bonchev–Trinajstić information content (AvgIpc) is 2.84. The molecule has 1 heterocycles. The lowest BCUT2D eigenvalue weighted by Gasteiger charge is -2.32. The molecule has 1 aliphatic rings. The number of carboxylic acids is 1. The highest BCUT2D eigenvalue weighted by molar-refractivity contribution is 8.26. The van der Waals surface area contributed by atoms with Crippen LogP contribution >= 0.6 is 24.0 Å². The molecule has 0 N–H and O–H groups in total. The quantitative estimate of drug-likeness (QED) is 0.536. The third kappa shape index (κ3) is 4.41. The molecule has 0 radical (unpaired) electrons. The number of thiocarbonyl (C=S) groups is 1. The molecule has 0 saturated carbocycles. The van der Waals surface area contributed by atoms with Crippen LogP contribution in [0.1, 0.15) is 32.8 Å². The summed E-state index contributed by atoms with van der Waals surface area (Å²) in [6.07, 6.45) is 2.31. The van der Waals surface area contributed by atoms with E-state index in [0.29, 0.717) is 17.9 Å². The second-order valence-corrected chi connectivity index (χ2v) is 7.38. The zero-order valence-electron chi connectivity index (χ0n) is 14.4. The minimum absolute atomic E-state index is 0.247. The molecule has 1 aromatic carbocycles. The number of amides is 1. The van der Waals surface area contributed by atoms with Crippen LogP contribution in [0.2, 0.25) is 0 Å². The van der Waals surface area contributed by atoms with Gasteiger partial charge in [-0.3, -0.25) is 9.69 Å². The van der Waals surface area contributed by atoms with E-state index in [0.717, 1.165) is 23.1 Å². The lowest BCUT2D eigenvalue weighted by atomic mass is 9.98. The van der Waals surface area contributed by atoms with E-state index in [1.807, 2.05) is 38.1 Å². The van der Waals surface area contributed by atoms with Gasteiger partial charge in [-0.1, -0.05) is 56.4 Å². The van der Waals surface area contributed by atoms with Crippen molar-refractivity contribution in [1.29, 1.82) is 0 Å². The summed E-state index contributed by atoms with van der Waals surface area (Å²) < 4.78 is 5.64. The summed E-state index contributed by atoms with van der Waals surface area (Å²) in [4.78, 5) is 25.8. The third-order valence-corrected chi connectivity index (χ3v) is 5.35. The molecule has 0 aliphatic carbocycles. The van der Waals surface area contributed by atoms with Gasteiger partial charge in [-0.05, 0) is 36.6 Å². The van der Waals surface area contributed by atoms with Crippen LogP contribution < -0.4 is 9.84 Å². The van der Waals surface area contributed by atoms with E-state index in [-0.39, 0.29) is 10.2 Å². The number of carboxylic acid groups (broad SMARTS) is 1. The lowest BCUT2D eigenvalue weighted by Crippen LogP contribution is -2.53. The fraction of sp³-hybridized carbons (Fsp3) is 0.389. The first-order valence-electron chi connectivity index (χ1n) is 8.09. The molecule has 2 atom stereocenters. The van der Waals surface area contributed by atoms with Crippen molar-refractivity contribution in [1.82, 2.24) is 4.90 Å². The first kappa shape index (κ1) is 19.5. The molecular weight excluding hydrogens is 358 g/mol. The molecule has 0 unspecified atom stereocenters. The van der Waals surface area contributed by atoms with Gasteiger partial charge in [0.1, 0.15) is 10.1 Å². The SMILES string of the molecule is CCOc1ccc(/C=C2\SC(=S)N([C@H](C(=O)[O-])[C@H](C)CC)C2=O)cc1. The van der Waals surface area contributed by atoms with Crippen molar-refractivity contribution in [3.05, 3.63) is 34.7 Å². The fourth-order valence-corrected chi connectivity index (χ4v) is 3.84.